The van der Waals surface area contributed by atoms with Crippen LogP contribution in [0, 0.1) is 0 Å². The number of aromatic carboxylic acids is 2. The molecule has 0 atom stereocenters. The van der Waals surface area contributed by atoms with Gasteiger partial charge in [0.15, 0.2) is 0 Å². The molecule has 11 nitrogen and oxygen atoms in total. The van der Waals surface area contributed by atoms with Gasteiger partial charge < -0.3 is 15.5 Å². The summed E-state index contributed by atoms with van der Waals surface area (Å²) in [6.45, 7) is 0. The van der Waals surface area contributed by atoms with Crippen molar-refractivity contribution >= 4 is 38.6 Å². The van der Waals surface area contributed by atoms with Crippen molar-refractivity contribution < 1.29 is 28.2 Å². The first kappa shape index (κ1) is 26.0. The van der Waals surface area contributed by atoms with Gasteiger partial charge in [0, 0.05) is 49.0 Å². The van der Waals surface area contributed by atoms with Crippen molar-refractivity contribution in [3.05, 3.63) is 103 Å². The monoisotopic (exact) mass is 531 g/mol. The minimum atomic E-state index is -3.77. The normalized spacial score (nSPS) is 10.9. The molecule has 0 amide bonds. The molecule has 38 heavy (non-hydrogen) atoms. The van der Waals surface area contributed by atoms with Gasteiger partial charge in [-0.3, -0.25) is 4.98 Å². The van der Waals surface area contributed by atoms with Gasteiger partial charge in [0.05, 0.1) is 22.3 Å². The number of anilines is 1. The SMILES string of the molecule is CNc1cn(S(=O)(=O)c2cccnc2)c2cc(-c3cncnc3)ccc12.O=C(O)c1cccc(C(=O)O)c1. The summed E-state index contributed by atoms with van der Waals surface area (Å²) in [6, 6.07) is 14.0. The van der Waals surface area contributed by atoms with E-state index in [-0.39, 0.29) is 16.0 Å². The van der Waals surface area contributed by atoms with Crippen LogP contribution in [-0.2, 0) is 10.0 Å². The number of rotatable bonds is 6. The van der Waals surface area contributed by atoms with Crippen LogP contribution in [0.2, 0.25) is 0 Å². The third-order valence-corrected chi connectivity index (χ3v) is 7.14. The summed E-state index contributed by atoms with van der Waals surface area (Å²) in [6.07, 6.45) is 9.30. The molecule has 192 valence electrons. The standard InChI is InChI=1S/C18H15N5O2S.C8H6O4/c1-19-17-11-23(26(24,25)15-3-2-6-20-10-15)18-7-13(4-5-16(17)18)14-8-21-12-22-9-14;9-7(10)5-2-1-3-6(4-5)8(11)12/h2-12,19H,1H3;1-4H,(H,9,10)(H,11,12). The van der Waals surface area contributed by atoms with Gasteiger partial charge in [-0.05, 0) is 42.0 Å². The van der Waals surface area contributed by atoms with Crippen LogP contribution in [0.4, 0.5) is 5.69 Å². The van der Waals surface area contributed by atoms with Gasteiger partial charge in [-0.25, -0.2) is 31.9 Å². The van der Waals surface area contributed by atoms with E-state index in [4.69, 9.17) is 10.2 Å². The Kier molecular flexibility index (Phi) is 7.44. The largest absolute Gasteiger partial charge is 0.478 e. The fourth-order valence-corrected chi connectivity index (χ4v) is 4.95. The number of nitrogens with zero attached hydrogens (tertiary/aromatic N) is 4. The number of aromatic nitrogens is 4. The molecule has 0 spiro atoms. The van der Waals surface area contributed by atoms with Gasteiger partial charge in [0.25, 0.3) is 10.0 Å². The maximum atomic E-state index is 13.1. The van der Waals surface area contributed by atoms with Crippen molar-refractivity contribution in [2.24, 2.45) is 0 Å². The number of carbonyl (C=O) groups is 2. The molecule has 0 bridgehead atoms. The molecule has 0 aliphatic heterocycles. The van der Waals surface area contributed by atoms with Crippen LogP contribution in [0.25, 0.3) is 22.0 Å². The maximum absolute atomic E-state index is 13.1. The first-order valence-electron chi connectivity index (χ1n) is 11.0. The van der Waals surface area contributed by atoms with E-state index >= 15 is 0 Å². The van der Waals surface area contributed by atoms with Crippen molar-refractivity contribution in [1.82, 2.24) is 18.9 Å². The van der Waals surface area contributed by atoms with E-state index in [0.29, 0.717) is 5.52 Å². The van der Waals surface area contributed by atoms with Crippen molar-refractivity contribution in [3.63, 3.8) is 0 Å². The zero-order chi connectivity index (χ0) is 27.3. The van der Waals surface area contributed by atoms with Gasteiger partial charge in [0.2, 0.25) is 0 Å². The molecule has 5 aromatic rings. The second-order valence-electron chi connectivity index (χ2n) is 7.83. The van der Waals surface area contributed by atoms with Crippen molar-refractivity contribution in [2.75, 3.05) is 12.4 Å². The fourth-order valence-electron chi connectivity index (χ4n) is 3.62. The fraction of sp³-hybridized carbons (Fsp3) is 0.0385. The molecule has 0 unspecified atom stereocenters. The first-order valence-corrected chi connectivity index (χ1v) is 12.5. The molecule has 0 radical (unpaired) electrons. The van der Waals surface area contributed by atoms with Gasteiger partial charge >= 0.3 is 11.9 Å². The second-order valence-corrected chi connectivity index (χ2v) is 9.65. The Bertz CT molecular complexity index is 1690. The number of fused-ring (bicyclic) bond motifs is 1. The lowest BCUT2D eigenvalue weighted by Crippen LogP contribution is -2.12. The highest BCUT2D eigenvalue weighted by Crippen LogP contribution is 2.32. The lowest BCUT2D eigenvalue weighted by atomic mass is 10.1. The molecule has 2 aromatic carbocycles. The molecule has 3 aromatic heterocycles. The molecule has 0 saturated heterocycles. The summed E-state index contributed by atoms with van der Waals surface area (Å²) in [7, 11) is -2.01. The first-order chi connectivity index (χ1) is 18.2. The third-order valence-electron chi connectivity index (χ3n) is 5.48. The van der Waals surface area contributed by atoms with Crippen LogP contribution in [-0.4, -0.2) is 56.5 Å². The zero-order valence-electron chi connectivity index (χ0n) is 19.9. The summed E-state index contributed by atoms with van der Waals surface area (Å²) in [5, 5.41) is 20.8. The smallest absolute Gasteiger partial charge is 0.335 e. The van der Waals surface area contributed by atoms with Crippen LogP contribution >= 0.6 is 0 Å². The molecule has 0 fully saturated rings. The Morgan fingerprint density at radius 2 is 1.53 bits per heavy atom. The molecule has 0 aliphatic rings. The lowest BCUT2D eigenvalue weighted by Gasteiger charge is -2.08. The number of nitrogens with one attached hydrogen (secondary N) is 1. The Hall–Kier alpha value is -5.10. The third kappa shape index (κ3) is 5.34. The van der Waals surface area contributed by atoms with Gasteiger partial charge in [0.1, 0.15) is 11.2 Å². The van der Waals surface area contributed by atoms with Crippen LogP contribution in [0.5, 0.6) is 0 Å². The molecular formula is C26H21N5O6S. The average molecular weight is 532 g/mol. The number of carboxylic acid groups (broad SMARTS) is 2. The summed E-state index contributed by atoms with van der Waals surface area (Å²) >= 11 is 0. The predicted octanol–water partition coefficient (Wildman–Crippen LogP) is 3.86. The summed E-state index contributed by atoms with van der Waals surface area (Å²) in [5.41, 5.74) is 2.90. The van der Waals surface area contributed by atoms with Crippen LogP contribution in [0.3, 0.4) is 0 Å². The van der Waals surface area contributed by atoms with E-state index < -0.39 is 22.0 Å². The molecule has 3 N–H and O–H groups in total. The van der Waals surface area contributed by atoms with Crippen molar-refractivity contribution in [1.29, 1.82) is 0 Å². The molecule has 0 saturated carbocycles. The van der Waals surface area contributed by atoms with E-state index in [0.717, 1.165) is 28.3 Å². The van der Waals surface area contributed by atoms with Crippen molar-refractivity contribution in [3.8, 4) is 11.1 Å². The number of carboxylic acids is 2. The minimum absolute atomic E-state index is 0.0186. The van der Waals surface area contributed by atoms with E-state index in [1.807, 2.05) is 18.2 Å². The Morgan fingerprint density at radius 3 is 2.11 bits per heavy atom. The summed E-state index contributed by atoms with van der Waals surface area (Å²) < 4.78 is 27.5. The molecular weight excluding hydrogens is 510 g/mol. The summed E-state index contributed by atoms with van der Waals surface area (Å²) in [4.78, 5) is 32.9. The van der Waals surface area contributed by atoms with Gasteiger partial charge in [-0.1, -0.05) is 18.2 Å². The van der Waals surface area contributed by atoms with Crippen LogP contribution in [0.15, 0.2) is 96.8 Å². The minimum Gasteiger partial charge on any atom is -0.478 e. The number of benzene rings is 2. The van der Waals surface area contributed by atoms with E-state index in [2.05, 4.69) is 20.3 Å². The van der Waals surface area contributed by atoms with Gasteiger partial charge in [-0.15, -0.1) is 0 Å². The highest BCUT2D eigenvalue weighted by Gasteiger charge is 2.21. The maximum Gasteiger partial charge on any atom is 0.335 e. The van der Waals surface area contributed by atoms with E-state index in [1.165, 1.54) is 40.8 Å². The highest BCUT2D eigenvalue weighted by atomic mass is 32.2. The van der Waals surface area contributed by atoms with Crippen LogP contribution < -0.4 is 5.32 Å². The Morgan fingerprint density at radius 1 is 0.842 bits per heavy atom. The molecule has 0 aliphatic carbocycles. The predicted molar refractivity (Wildman–Crippen MR) is 140 cm³/mol. The number of pyridine rings is 1. The topological polar surface area (TPSA) is 164 Å². The van der Waals surface area contributed by atoms with Crippen molar-refractivity contribution in [2.45, 2.75) is 4.90 Å². The summed E-state index contributed by atoms with van der Waals surface area (Å²) in [5.74, 6) is -2.25. The Labute approximate surface area is 217 Å². The lowest BCUT2D eigenvalue weighted by molar-refractivity contribution is 0.0696. The number of hydrogen-bond donors (Lipinski definition) is 3. The Balaban J connectivity index is 0.000000236. The zero-order valence-corrected chi connectivity index (χ0v) is 20.7. The molecule has 5 rings (SSSR count). The number of hydrogen-bond acceptors (Lipinski definition) is 8. The molecule has 3 heterocycles. The van der Waals surface area contributed by atoms with E-state index in [9.17, 15) is 18.0 Å². The highest BCUT2D eigenvalue weighted by molar-refractivity contribution is 7.90. The average Bonchev–Trinajstić information content (AvgIpc) is 3.33. The quantitative estimate of drug-likeness (QED) is 0.293. The molecule has 12 heteroatoms. The van der Waals surface area contributed by atoms with Crippen LogP contribution in [0.1, 0.15) is 20.7 Å². The van der Waals surface area contributed by atoms with E-state index in [1.54, 1.807) is 37.9 Å². The second kappa shape index (κ2) is 10.9. The van der Waals surface area contributed by atoms with Gasteiger partial charge in [-0.2, -0.15) is 0 Å².